The topological polar surface area (TPSA) is 29.5 Å². The highest BCUT2D eigenvalue weighted by Gasteiger charge is 2.33. The first kappa shape index (κ1) is 13.0. The van der Waals surface area contributed by atoms with Crippen molar-refractivity contribution in [3.63, 3.8) is 0 Å². The second kappa shape index (κ2) is 5.86. The smallest absolute Gasteiger partial charge is 0.0745 e. The van der Waals surface area contributed by atoms with Gasteiger partial charge in [-0.15, -0.1) is 0 Å². The second-order valence-electron chi connectivity index (χ2n) is 5.45. The summed E-state index contributed by atoms with van der Waals surface area (Å²) in [4.78, 5) is 0. The first-order valence-corrected chi connectivity index (χ1v) is 6.32. The summed E-state index contributed by atoms with van der Waals surface area (Å²) in [7, 11) is 0. The van der Waals surface area contributed by atoms with E-state index in [1.54, 1.807) is 6.92 Å². The lowest BCUT2D eigenvalue weighted by Crippen LogP contribution is -2.37. The zero-order chi connectivity index (χ0) is 11.4. The van der Waals surface area contributed by atoms with E-state index in [0.29, 0.717) is 24.5 Å². The minimum atomic E-state index is -0.338. The van der Waals surface area contributed by atoms with Crippen LogP contribution in [0.3, 0.4) is 0 Å². The summed E-state index contributed by atoms with van der Waals surface area (Å²) in [5, 5.41) is 9.25. The Labute approximate surface area is 94.0 Å². The number of ether oxygens (including phenoxy) is 1. The molecule has 1 fully saturated rings. The summed E-state index contributed by atoms with van der Waals surface area (Å²) in [5.74, 6) is 2.11. The molecule has 0 aromatic rings. The van der Waals surface area contributed by atoms with E-state index < -0.39 is 0 Å². The van der Waals surface area contributed by atoms with E-state index in [1.165, 1.54) is 19.3 Å². The highest BCUT2D eigenvalue weighted by atomic mass is 16.5. The summed E-state index contributed by atoms with van der Waals surface area (Å²) in [6, 6.07) is 0. The van der Waals surface area contributed by atoms with Crippen molar-refractivity contribution in [3.05, 3.63) is 0 Å². The van der Waals surface area contributed by atoms with Gasteiger partial charge in [0.05, 0.1) is 18.8 Å². The lowest BCUT2D eigenvalue weighted by atomic mass is 9.72. The molecule has 1 aliphatic carbocycles. The Bertz CT molecular complexity index is 177. The van der Waals surface area contributed by atoms with Crippen molar-refractivity contribution in [1.82, 2.24) is 0 Å². The van der Waals surface area contributed by atoms with Crippen molar-refractivity contribution < 1.29 is 9.84 Å². The van der Waals surface area contributed by atoms with Crippen molar-refractivity contribution in [2.75, 3.05) is 6.61 Å². The Morgan fingerprint density at radius 1 is 1.27 bits per heavy atom. The highest BCUT2D eigenvalue weighted by Crippen LogP contribution is 2.36. The maximum absolute atomic E-state index is 9.25. The van der Waals surface area contributed by atoms with Gasteiger partial charge in [-0.2, -0.15) is 0 Å². The fourth-order valence-electron chi connectivity index (χ4n) is 2.94. The SMILES string of the molecule is CC(O)COC1CCCC(C)C1C(C)C. The lowest BCUT2D eigenvalue weighted by Gasteiger charge is -2.39. The van der Waals surface area contributed by atoms with Crippen LogP contribution in [-0.4, -0.2) is 23.9 Å². The standard InChI is InChI=1S/C13H26O2/c1-9(2)13-10(3)6-5-7-12(13)15-8-11(4)14/h9-14H,5-8H2,1-4H3. The Balaban J connectivity index is 2.51. The molecule has 0 radical (unpaired) electrons. The first-order chi connectivity index (χ1) is 7.02. The van der Waals surface area contributed by atoms with Crippen molar-refractivity contribution in [3.8, 4) is 0 Å². The normalized spacial score (nSPS) is 34.4. The molecular weight excluding hydrogens is 188 g/mol. The zero-order valence-electron chi connectivity index (χ0n) is 10.6. The molecule has 0 aromatic heterocycles. The van der Waals surface area contributed by atoms with Crippen molar-refractivity contribution in [2.24, 2.45) is 17.8 Å². The molecule has 2 nitrogen and oxygen atoms in total. The molecule has 2 heteroatoms. The summed E-state index contributed by atoms with van der Waals surface area (Å²) >= 11 is 0. The predicted molar refractivity (Wildman–Crippen MR) is 62.8 cm³/mol. The van der Waals surface area contributed by atoms with Crippen LogP contribution in [0.2, 0.25) is 0 Å². The van der Waals surface area contributed by atoms with Gasteiger partial charge in [-0.3, -0.25) is 0 Å². The lowest BCUT2D eigenvalue weighted by molar-refractivity contribution is -0.0715. The van der Waals surface area contributed by atoms with Crippen LogP contribution in [0.1, 0.15) is 47.0 Å². The Hall–Kier alpha value is -0.0800. The van der Waals surface area contributed by atoms with Gasteiger partial charge < -0.3 is 9.84 Å². The van der Waals surface area contributed by atoms with Crippen LogP contribution in [-0.2, 0) is 4.74 Å². The number of aliphatic hydroxyl groups excluding tert-OH is 1. The molecule has 1 aliphatic rings. The zero-order valence-corrected chi connectivity index (χ0v) is 10.6. The molecule has 90 valence electrons. The monoisotopic (exact) mass is 214 g/mol. The van der Waals surface area contributed by atoms with Gasteiger partial charge in [-0.1, -0.05) is 33.6 Å². The van der Waals surface area contributed by atoms with Crippen LogP contribution in [0.25, 0.3) is 0 Å². The molecular formula is C13H26O2. The average Bonchev–Trinajstić information content (AvgIpc) is 2.13. The van der Waals surface area contributed by atoms with Crippen molar-refractivity contribution in [2.45, 2.75) is 59.2 Å². The molecule has 0 spiro atoms. The van der Waals surface area contributed by atoms with Crippen LogP contribution in [0.5, 0.6) is 0 Å². The molecule has 0 aromatic carbocycles. The third kappa shape index (κ3) is 3.76. The summed E-state index contributed by atoms with van der Waals surface area (Å²) in [5.41, 5.74) is 0. The van der Waals surface area contributed by atoms with Gasteiger partial charge in [0.2, 0.25) is 0 Å². The minimum absolute atomic E-state index is 0.338. The van der Waals surface area contributed by atoms with Gasteiger partial charge in [0.15, 0.2) is 0 Å². The van der Waals surface area contributed by atoms with Crippen LogP contribution in [0.4, 0.5) is 0 Å². The van der Waals surface area contributed by atoms with Gasteiger partial charge in [0, 0.05) is 0 Å². The van der Waals surface area contributed by atoms with E-state index in [0.717, 1.165) is 5.92 Å². The third-order valence-electron chi connectivity index (χ3n) is 3.56. The van der Waals surface area contributed by atoms with Crippen LogP contribution in [0, 0.1) is 17.8 Å². The predicted octanol–water partition coefficient (Wildman–Crippen LogP) is 2.84. The molecule has 1 rings (SSSR count). The molecule has 1 saturated carbocycles. The summed E-state index contributed by atoms with van der Waals surface area (Å²) < 4.78 is 5.84. The number of rotatable bonds is 4. The van der Waals surface area contributed by atoms with Gasteiger partial charge in [-0.05, 0) is 31.1 Å². The minimum Gasteiger partial charge on any atom is -0.391 e. The largest absolute Gasteiger partial charge is 0.391 e. The molecule has 15 heavy (non-hydrogen) atoms. The fraction of sp³-hybridized carbons (Fsp3) is 1.00. The quantitative estimate of drug-likeness (QED) is 0.779. The summed E-state index contributed by atoms with van der Waals surface area (Å²) in [6.07, 6.45) is 3.80. The van der Waals surface area contributed by atoms with E-state index in [-0.39, 0.29) is 6.10 Å². The van der Waals surface area contributed by atoms with Crippen LogP contribution >= 0.6 is 0 Å². The fourth-order valence-corrected chi connectivity index (χ4v) is 2.94. The number of hydrogen-bond donors (Lipinski definition) is 1. The molecule has 1 N–H and O–H groups in total. The highest BCUT2D eigenvalue weighted by molar-refractivity contribution is 4.83. The van der Waals surface area contributed by atoms with E-state index in [1.807, 2.05) is 0 Å². The van der Waals surface area contributed by atoms with E-state index in [2.05, 4.69) is 20.8 Å². The van der Waals surface area contributed by atoms with Crippen molar-refractivity contribution in [1.29, 1.82) is 0 Å². The molecule has 0 amide bonds. The Morgan fingerprint density at radius 2 is 1.93 bits per heavy atom. The van der Waals surface area contributed by atoms with Gasteiger partial charge in [0.25, 0.3) is 0 Å². The summed E-state index contributed by atoms with van der Waals surface area (Å²) in [6.45, 7) is 9.18. The van der Waals surface area contributed by atoms with Gasteiger partial charge >= 0.3 is 0 Å². The van der Waals surface area contributed by atoms with E-state index in [4.69, 9.17) is 4.74 Å². The Morgan fingerprint density at radius 3 is 2.47 bits per heavy atom. The third-order valence-corrected chi connectivity index (χ3v) is 3.56. The van der Waals surface area contributed by atoms with Crippen LogP contribution < -0.4 is 0 Å². The van der Waals surface area contributed by atoms with Gasteiger partial charge in [-0.25, -0.2) is 0 Å². The maximum Gasteiger partial charge on any atom is 0.0745 e. The molecule has 0 saturated heterocycles. The van der Waals surface area contributed by atoms with E-state index in [9.17, 15) is 5.11 Å². The second-order valence-corrected chi connectivity index (χ2v) is 5.45. The van der Waals surface area contributed by atoms with Gasteiger partial charge in [0.1, 0.15) is 0 Å². The average molecular weight is 214 g/mol. The number of hydrogen-bond acceptors (Lipinski definition) is 2. The maximum atomic E-state index is 9.25. The molecule has 0 heterocycles. The molecule has 4 unspecified atom stereocenters. The molecule has 0 bridgehead atoms. The van der Waals surface area contributed by atoms with Crippen LogP contribution in [0.15, 0.2) is 0 Å². The number of aliphatic hydroxyl groups is 1. The van der Waals surface area contributed by atoms with E-state index >= 15 is 0 Å². The van der Waals surface area contributed by atoms with Crippen molar-refractivity contribution >= 4 is 0 Å². The molecule has 0 aliphatic heterocycles. The first-order valence-electron chi connectivity index (χ1n) is 6.32. The molecule has 4 atom stereocenters. The Kier molecular flexibility index (Phi) is 5.07.